The number of nitrogens with two attached hydrogens (primary N) is 1. The van der Waals surface area contributed by atoms with Gasteiger partial charge >= 0.3 is 0 Å². The van der Waals surface area contributed by atoms with Gasteiger partial charge in [0.1, 0.15) is 5.71 Å². The second kappa shape index (κ2) is 5.13. The molecule has 0 fully saturated rings. The highest BCUT2D eigenvalue weighted by Gasteiger charge is 2.24. The lowest BCUT2D eigenvalue weighted by molar-refractivity contribution is -0.112. The van der Waals surface area contributed by atoms with Crippen LogP contribution >= 0.6 is 0 Å². The average molecular weight is 232 g/mol. The van der Waals surface area contributed by atoms with Gasteiger partial charge in [-0.3, -0.25) is 9.79 Å². The van der Waals surface area contributed by atoms with E-state index in [0.717, 1.165) is 5.56 Å². The van der Waals surface area contributed by atoms with Gasteiger partial charge in [-0.2, -0.15) is 0 Å². The Morgan fingerprint density at radius 3 is 2.18 bits per heavy atom. The number of amides is 1. The molecule has 0 bridgehead atoms. The van der Waals surface area contributed by atoms with Crippen molar-refractivity contribution in [1.82, 2.24) is 0 Å². The van der Waals surface area contributed by atoms with Crippen LogP contribution in [-0.4, -0.2) is 11.6 Å². The molecule has 1 aromatic carbocycles. The molecule has 0 aromatic heterocycles. The van der Waals surface area contributed by atoms with Gasteiger partial charge in [-0.25, -0.2) is 0 Å². The summed E-state index contributed by atoms with van der Waals surface area (Å²) in [6.45, 7) is 7.78. The van der Waals surface area contributed by atoms with E-state index in [1.54, 1.807) is 0 Å². The van der Waals surface area contributed by atoms with Crippen LogP contribution in [0, 0.1) is 5.41 Å². The molecule has 2 N–H and O–H groups in total. The van der Waals surface area contributed by atoms with Gasteiger partial charge in [0, 0.05) is 5.41 Å². The van der Waals surface area contributed by atoms with E-state index >= 15 is 0 Å². The summed E-state index contributed by atoms with van der Waals surface area (Å²) in [4.78, 5) is 15.9. The van der Waals surface area contributed by atoms with Crippen molar-refractivity contribution in [1.29, 1.82) is 0 Å². The zero-order valence-corrected chi connectivity index (χ0v) is 10.9. The van der Waals surface area contributed by atoms with Gasteiger partial charge in [0.15, 0.2) is 0 Å². The molecule has 0 heterocycles. The van der Waals surface area contributed by atoms with Crippen LogP contribution in [0.1, 0.15) is 39.3 Å². The van der Waals surface area contributed by atoms with Crippen molar-refractivity contribution >= 4 is 11.6 Å². The Balaban J connectivity index is 3.04. The highest BCUT2D eigenvalue weighted by atomic mass is 16.1. The van der Waals surface area contributed by atoms with Crippen molar-refractivity contribution in [3.63, 3.8) is 0 Å². The second-order valence-electron chi connectivity index (χ2n) is 5.18. The second-order valence-corrected chi connectivity index (χ2v) is 5.18. The summed E-state index contributed by atoms with van der Waals surface area (Å²) in [6, 6.07) is 9.81. The number of hydrogen-bond donors (Lipinski definition) is 1. The fourth-order valence-corrected chi connectivity index (χ4v) is 1.63. The van der Waals surface area contributed by atoms with E-state index in [9.17, 15) is 4.79 Å². The third-order valence-electron chi connectivity index (χ3n) is 2.55. The third-order valence-corrected chi connectivity index (χ3v) is 2.55. The van der Waals surface area contributed by atoms with Crippen LogP contribution < -0.4 is 5.73 Å². The predicted molar refractivity (Wildman–Crippen MR) is 70.9 cm³/mol. The van der Waals surface area contributed by atoms with Crippen LogP contribution in [0.2, 0.25) is 0 Å². The van der Waals surface area contributed by atoms with Crippen molar-refractivity contribution in [2.75, 3.05) is 0 Å². The first-order chi connectivity index (χ1) is 7.82. The maximum absolute atomic E-state index is 11.4. The quantitative estimate of drug-likeness (QED) is 0.800. The standard InChI is InChI=1S/C14H20N2O/c1-10(11-8-6-5-7-9-11)16-12(13(15)17)14(2,3)4/h5-10H,1-4H3,(H2,15,17)/b16-12+/t10-/m1/s1. The molecule has 0 aliphatic carbocycles. The summed E-state index contributed by atoms with van der Waals surface area (Å²) >= 11 is 0. The molecule has 0 radical (unpaired) electrons. The molecule has 0 saturated carbocycles. The Hall–Kier alpha value is -1.64. The Labute approximate surface area is 103 Å². The van der Waals surface area contributed by atoms with E-state index in [4.69, 9.17) is 5.73 Å². The summed E-state index contributed by atoms with van der Waals surface area (Å²) in [5.41, 5.74) is 6.57. The van der Waals surface area contributed by atoms with Crippen molar-refractivity contribution in [2.24, 2.45) is 16.1 Å². The van der Waals surface area contributed by atoms with Gasteiger partial charge in [0.25, 0.3) is 5.91 Å². The minimum atomic E-state index is -0.444. The topological polar surface area (TPSA) is 55.4 Å². The van der Waals surface area contributed by atoms with Crippen LogP contribution in [0.15, 0.2) is 35.3 Å². The summed E-state index contributed by atoms with van der Waals surface area (Å²) in [6.07, 6.45) is 0. The minimum Gasteiger partial charge on any atom is -0.365 e. The Morgan fingerprint density at radius 2 is 1.76 bits per heavy atom. The van der Waals surface area contributed by atoms with E-state index in [1.807, 2.05) is 58.0 Å². The van der Waals surface area contributed by atoms with Crippen molar-refractivity contribution in [3.05, 3.63) is 35.9 Å². The van der Waals surface area contributed by atoms with E-state index in [0.29, 0.717) is 5.71 Å². The Kier molecular flexibility index (Phi) is 4.05. The highest BCUT2D eigenvalue weighted by molar-refractivity contribution is 6.40. The number of nitrogens with zero attached hydrogens (tertiary/aromatic N) is 1. The van der Waals surface area contributed by atoms with Gasteiger partial charge in [0.05, 0.1) is 6.04 Å². The zero-order chi connectivity index (χ0) is 13.1. The first kappa shape index (κ1) is 13.4. The van der Waals surface area contributed by atoms with Crippen LogP contribution in [0.4, 0.5) is 0 Å². The molecular weight excluding hydrogens is 212 g/mol. The first-order valence-electron chi connectivity index (χ1n) is 5.75. The summed E-state index contributed by atoms with van der Waals surface area (Å²) in [5, 5.41) is 0. The number of aliphatic imine (C=N–C) groups is 1. The molecule has 3 nitrogen and oxygen atoms in total. The maximum atomic E-state index is 11.4. The molecule has 0 aliphatic heterocycles. The van der Waals surface area contributed by atoms with E-state index < -0.39 is 5.91 Å². The fraction of sp³-hybridized carbons (Fsp3) is 0.429. The number of primary amides is 1. The van der Waals surface area contributed by atoms with E-state index in [-0.39, 0.29) is 11.5 Å². The molecular formula is C14H20N2O. The molecule has 1 atom stereocenters. The monoisotopic (exact) mass is 232 g/mol. The number of benzene rings is 1. The molecule has 1 amide bonds. The molecule has 1 aromatic rings. The first-order valence-corrected chi connectivity index (χ1v) is 5.75. The molecule has 0 unspecified atom stereocenters. The lowest BCUT2D eigenvalue weighted by Crippen LogP contribution is -2.34. The number of carbonyl (C=O) groups excluding carboxylic acids is 1. The summed E-state index contributed by atoms with van der Waals surface area (Å²) in [5.74, 6) is -0.444. The van der Waals surface area contributed by atoms with Crippen LogP contribution in [0.25, 0.3) is 0 Å². The van der Waals surface area contributed by atoms with Gasteiger partial charge in [-0.1, -0.05) is 51.1 Å². The molecule has 0 saturated heterocycles. The predicted octanol–water partition coefficient (Wildman–Crippen LogP) is 2.72. The average Bonchev–Trinajstić information content (AvgIpc) is 2.24. The van der Waals surface area contributed by atoms with Crippen LogP contribution in [0.3, 0.4) is 0 Å². The Morgan fingerprint density at radius 1 is 1.24 bits per heavy atom. The van der Waals surface area contributed by atoms with Gasteiger partial charge in [-0.15, -0.1) is 0 Å². The molecule has 92 valence electrons. The Bertz CT molecular complexity index is 416. The molecule has 0 spiro atoms. The van der Waals surface area contributed by atoms with Crippen molar-refractivity contribution < 1.29 is 4.79 Å². The fourth-order valence-electron chi connectivity index (χ4n) is 1.63. The lowest BCUT2D eigenvalue weighted by atomic mass is 9.89. The largest absolute Gasteiger partial charge is 0.365 e. The van der Waals surface area contributed by atoms with Crippen molar-refractivity contribution in [2.45, 2.75) is 33.7 Å². The highest BCUT2D eigenvalue weighted by Crippen LogP contribution is 2.22. The minimum absolute atomic E-state index is 0.0575. The van der Waals surface area contributed by atoms with E-state index in [1.165, 1.54) is 0 Å². The lowest BCUT2D eigenvalue weighted by Gasteiger charge is -2.20. The van der Waals surface area contributed by atoms with Crippen molar-refractivity contribution in [3.8, 4) is 0 Å². The van der Waals surface area contributed by atoms with Gasteiger partial charge < -0.3 is 5.73 Å². The molecule has 17 heavy (non-hydrogen) atoms. The third kappa shape index (κ3) is 3.70. The SMILES string of the molecule is C[C@@H](/N=C(\C(N)=O)C(C)(C)C)c1ccccc1. The zero-order valence-electron chi connectivity index (χ0n) is 10.9. The molecule has 0 aliphatic rings. The summed E-state index contributed by atoms with van der Waals surface area (Å²) < 4.78 is 0. The smallest absolute Gasteiger partial charge is 0.263 e. The van der Waals surface area contributed by atoms with Gasteiger partial charge in [-0.05, 0) is 12.5 Å². The normalized spacial score (nSPS) is 14.5. The number of hydrogen-bond acceptors (Lipinski definition) is 2. The van der Waals surface area contributed by atoms with Gasteiger partial charge in [0.2, 0.25) is 0 Å². The summed E-state index contributed by atoms with van der Waals surface area (Å²) in [7, 11) is 0. The van der Waals surface area contributed by atoms with Crippen LogP contribution in [-0.2, 0) is 4.79 Å². The molecule has 3 heteroatoms. The maximum Gasteiger partial charge on any atom is 0.263 e. The number of carbonyl (C=O) groups is 1. The van der Waals surface area contributed by atoms with Crippen LogP contribution in [0.5, 0.6) is 0 Å². The van der Waals surface area contributed by atoms with E-state index in [2.05, 4.69) is 4.99 Å². The number of rotatable bonds is 3. The molecule has 1 rings (SSSR count).